The highest BCUT2D eigenvalue weighted by Crippen LogP contribution is 2.30. The minimum atomic E-state index is -0.623. The largest absolute Gasteiger partial charge is 0.491 e. The van der Waals surface area contributed by atoms with E-state index in [-0.39, 0.29) is 24.3 Å². The normalized spacial score (nSPS) is 12.4. The molecule has 0 unspecified atom stereocenters. The van der Waals surface area contributed by atoms with E-state index in [4.69, 9.17) is 20.9 Å². The summed E-state index contributed by atoms with van der Waals surface area (Å²) in [4.78, 5) is 20.6. The van der Waals surface area contributed by atoms with Crippen LogP contribution in [0.1, 0.15) is 19.4 Å². The first-order valence-corrected chi connectivity index (χ1v) is 12.1. The van der Waals surface area contributed by atoms with Crippen LogP contribution in [0.3, 0.4) is 0 Å². The van der Waals surface area contributed by atoms with Crippen LogP contribution in [-0.4, -0.2) is 80.9 Å². The molecule has 0 aliphatic rings. The van der Waals surface area contributed by atoms with Crippen molar-refractivity contribution >= 4 is 29.8 Å². The number of nitrogens with one attached hydrogen (secondary N) is 5. The zero-order chi connectivity index (χ0) is 27.2. The predicted octanol–water partition coefficient (Wildman–Crippen LogP) is 1.60. The number of aliphatic hydroxyl groups excluding tert-OH is 1. The molecule has 1 atom stereocenters. The number of pyridine rings is 1. The monoisotopic (exact) mass is 510 g/mol. The number of carbonyl (C=O) groups excluding carboxylic acids is 1. The second-order valence-electron chi connectivity index (χ2n) is 8.52. The molecule has 11 heteroatoms. The van der Waals surface area contributed by atoms with E-state index < -0.39 is 6.10 Å². The van der Waals surface area contributed by atoms with Gasteiger partial charge in [-0.25, -0.2) is 4.98 Å². The summed E-state index contributed by atoms with van der Waals surface area (Å²) in [6.07, 6.45) is 3.52. The molecule has 1 amide bonds. The fourth-order valence-electron chi connectivity index (χ4n) is 3.32. The first kappa shape index (κ1) is 29.3. The number of likely N-dealkylation sites (N-methyl/N-ethyl adjacent to an activating group) is 1. The lowest BCUT2D eigenvalue weighted by Gasteiger charge is -2.18. The molecule has 1 heterocycles. The number of amides is 1. The van der Waals surface area contributed by atoms with Crippen LogP contribution < -0.4 is 31.7 Å². The minimum Gasteiger partial charge on any atom is -0.491 e. The number of hydrogen-bond acceptors (Lipinski definition) is 10. The van der Waals surface area contributed by atoms with Gasteiger partial charge in [0.2, 0.25) is 0 Å². The number of aromatic nitrogens is 1. The molecule has 0 spiro atoms. The summed E-state index contributed by atoms with van der Waals surface area (Å²) in [7, 11) is 3.36. The maximum atomic E-state index is 12.1. The summed E-state index contributed by atoms with van der Waals surface area (Å²) in [5.41, 5.74) is 8.57. The zero-order valence-corrected chi connectivity index (χ0v) is 21.8. The molecule has 0 saturated carbocycles. The van der Waals surface area contributed by atoms with Crippen molar-refractivity contribution in [1.29, 1.82) is 5.41 Å². The fraction of sp³-hybridized carbons (Fsp3) is 0.385. The predicted molar refractivity (Wildman–Crippen MR) is 150 cm³/mol. The smallest absolute Gasteiger partial charge is 0.267 e. The van der Waals surface area contributed by atoms with Crippen LogP contribution in [0.4, 0.5) is 11.5 Å². The van der Waals surface area contributed by atoms with Gasteiger partial charge in [0, 0.05) is 56.4 Å². The Bertz CT molecular complexity index is 1100. The Kier molecular flexibility index (Phi) is 12.0. The van der Waals surface area contributed by atoms with Crippen molar-refractivity contribution < 1.29 is 14.6 Å². The maximum Gasteiger partial charge on any atom is 0.267 e. The Hall–Kier alpha value is -3.96. The number of nitrogens with zero attached hydrogens (tertiary/aromatic N) is 2. The SMILES string of the molecule is CN=CC=C(N)C(=O)NCCNc1cc(-c2cccc(OC[C@@H](O)CNC)c2)nc(NC(C)C)c1C=N. The van der Waals surface area contributed by atoms with Crippen molar-refractivity contribution in [3.05, 3.63) is 47.7 Å². The van der Waals surface area contributed by atoms with E-state index >= 15 is 0 Å². The average molecular weight is 511 g/mol. The van der Waals surface area contributed by atoms with E-state index in [2.05, 4.69) is 26.3 Å². The molecule has 1 aromatic heterocycles. The molecule has 37 heavy (non-hydrogen) atoms. The van der Waals surface area contributed by atoms with E-state index in [0.717, 1.165) is 5.56 Å². The van der Waals surface area contributed by atoms with Crippen molar-refractivity contribution in [2.24, 2.45) is 10.7 Å². The topological polar surface area (TPSA) is 170 Å². The van der Waals surface area contributed by atoms with Crippen molar-refractivity contribution in [2.75, 3.05) is 51.0 Å². The number of allylic oxidation sites excluding steroid dienone is 1. The average Bonchev–Trinajstić information content (AvgIpc) is 2.88. The Morgan fingerprint density at radius 3 is 2.76 bits per heavy atom. The molecule has 0 saturated heterocycles. The van der Waals surface area contributed by atoms with E-state index in [9.17, 15) is 9.90 Å². The summed E-state index contributed by atoms with van der Waals surface area (Å²) < 4.78 is 5.75. The molecule has 0 aliphatic carbocycles. The number of aliphatic hydroxyl groups is 1. The van der Waals surface area contributed by atoms with Crippen LogP contribution >= 0.6 is 0 Å². The molecule has 0 aliphatic heterocycles. The van der Waals surface area contributed by atoms with Crippen LogP contribution in [0.5, 0.6) is 5.75 Å². The van der Waals surface area contributed by atoms with E-state index in [0.29, 0.717) is 48.1 Å². The van der Waals surface area contributed by atoms with Crippen molar-refractivity contribution in [2.45, 2.75) is 26.0 Å². The summed E-state index contributed by atoms with van der Waals surface area (Å²) in [5, 5.41) is 30.2. The minimum absolute atomic E-state index is 0.0703. The molecule has 11 nitrogen and oxygen atoms in total. The van der Waals surface area contributed by atoms with Crippen LogP contribution in [0.2, 0.25) is 0 Å². The number of carbonyl (C=O) groups is 1. The standard InChI is InChI=1S/C26H38N8O3/c1-17(2)33-25-21(14-27)24(31-10-11-32-26(36)22(28)8-9-29-3)13-23(34-25)18-6-5-7-20(12-18)37-16-19(35)15-30-4/h5-9,12-14,17,19,27,30,35H,10-11,15-16,28H2,1-4H3,(H,32,36)(H2,31,33,34)/t19-/m0/s1. The Morgan fingerprint density at radius 1 is 1.30 bits per heavy atom. The molecule has 2 rings (SSSR count). The molecule has 8 N–H and O–H groups in total. The van der Waals surface area contributed by atoms with Crippen molar-refractivity contribution in [3.63, 3.8) is 0 Å². The lowest BCUT2D eigenvalue weighted by atomic mass is 10.1. The number of hydrogen-bond donors (Lipinski definition) is 7. The molecule has 200 valence electrons. The van der Waals surface area contributed by atoms with Crippen LogP contribution in [0, 0.1) is 5.41 Å². The van der Waals surface area contributed by atoms with E-state index in [1.165, 1.54) is 18.5 Å². The van der Waals surface area contributed by atoms with Gasteiger partial charge in [0.05, 0.1) is 17.0 Å². The van der Waals surface area contributed by atoms with E-state index in [1.807, 2.05) is 44.2 Å². The number of nitrogens with two attached hydrogens (primary N) is 1. The molecular weight excluding hydrogens is 472 g/mol. The van der Waals surface area contributed by atoms with Gasteiger partial charge < -0.3 is 42.3 Å². The molecule has 0 bridgehead atoms. The van der Waals surface area contributed by atoms with Crippen LogP contribution in [0.25, 0.3) is 11.3 Å². The first-order chi connectivity index (χ1) is 17.8. The van der Waals surface area contributed by atoms with Gasteiger partial charge in [-0.15, -0.1) is 0 Å². The summed E-state index contributed by atoms with van der Waals surface area (Å²) >= 11 is 0. The fourth-order valence-corrected chi connectivity index (χ4v) is 3.32. The van der Waals surface area contributed by atoms with Gasteiger partial charge in [-0.05, 0) is 45.2 Å². The Morgan fingerprint density at radius 2 is 2.08 bits per heavy atom. The summed E-state index contributed by atoms with van der Waals surface area (Å²) in [5.74, 6) is 0.791. The first-order valence-electron chi connectivity index (χ1n) is 12.1. The Labute approximate surface area is 218 Å². The highest BCUT2D eigenvalue weighted by molar-refractivity contribution is 5.96. The highest BCUT2D eigenvalue weighted by Gasteiger charge is 2.14. The molecule has 0 fully saturated rings. The second kappa shape index (κ2) is 15.2. The van der Waals surface area contributed by atoms with Gasteiger partial charge in [-0.1, -0.05) is 12.1 Å². The third-order valence-electron chi connectivity index (χ3n) is 5.03. The third kappa shape index (κ3) is 9.54. The lowest BCUT2D eigenvalue weighted by Crippen LogP contribution is -2.32. The van der Waals surface area contributed by atoms with Crippen LogP contribution in [-0.2, 0) is 4.79 Å². The zero-order valence-electron chi connectivity index (χ0n) is 21.8. The number of benzene rings is 1. The molecular formula is C26H38N8O3. The number of rotatable bonds is 15. The number of anilines is 2. The van der Waals surface area contributed by atoms with Gasteiger partial charge >= 0.3 is 0 Å². The summed E-state index contributed by atoms with van der Waals surface area (Å²) in [6, 6.07) is 9.41. The second-order valence-corrected chi connectivity index (χ2v) is 8.52. The molecule has 2 aromatic rings. The summed E-state index contributed by atoms with van der Waals surface area (Å²) in [6.45, 7) is 5.30. The van der Waals surface area contributed by atoms with Crippen LogP contribution in [0.15, 0.2) is 47.1 Å². The quantitative estimate of drug-likeness (QED) is 0.108. The van der Waals surface area contributed by atoms with Crippen molar-refractivity contribution in [3.8, 4) is 17.0 Å². The van der Waals surface area contributed by atoms with Gasteiger partial charge in [0.25, 0.3) is 5.91 Å². The van der Waals surface area contributed by atoms with Crippen molar-refractivity contribution in [1.82, 2.24) is 15.6 Å². The van der Waals surface area contributed by atoms with Gasteiger partial charge in [-0.2, -0.15) is 0 Å². The number of aliphatic imine (C=N–C) groups is 1. The van der Waals surface area contributed by atoms with Gasteiger partial charge in [-0.3, -0.25) is 9.79 Å². The molecule has 1 aromatic carbocycles. The maximum absolute atomic E-state index is 12.1. The highest BCUT2D eigenvalue weighted by atomic mass is 16.5. The van der Waals surface area contributed by atoms with Gasteiger partial charge in [0.15, 0.2) is 0 Å². The van der Waals surface area contributed by atoms with E-state index in [1.54, 1.807) is 14.1 Å². The lowest BCUT2D eigenvalue weighted by molar-refractivity contribution is -0.117. The Balaban J connectivity index is 2.25. The van der Waals surface area contributed by atoms with Gasteiger partial charge in [0.1, 0.15) is 24.3 Å². The number of ether oxygens (including phenoxy) is 1. The third-order valence-corrected chi connectivity index (χ3v) is 5.03. The molecule has 0 radical (unpaired) electrons.